The lowest BCUT2D eigenvalue weighted by molar-refractivity contribution is -0.710. The molecule has 0 aromatic rings. The van der Waals surface area contributed by atoms with E-state index in [1.54, 1.807) is 13.8 Å². The molecular formula is C5H12N4O4. The predicted octanol–water partition coefficient (Wildman–Crippen LogP) is -0.0289. The molecule has 0 saturated heterocycles. The fourth-order valence-electron chi connectivity index (χ4n) is 0.723. The molecule has 0 heterocycles. The Morgan fingerprint density at radius 3 is 1.46 bits per heavy atom. The van der Waals surface area contributed by atoms with E-state index < -0.39 is 10.1 Å². The van der Waals surface area contributed by atoms with Crippen LogP contribution in [0.2, 0.25) is 0 Å². The molecule has 0 bridgehead atoms. The maximum Gasteiger partial charge on any atom is 0.207 e. The van der Waals surface area contributed by atoms with Gasteiger partial charge in [0.1, 0.15) is 0 Å². The van der Waals surface area contributed by atoms with Crippen LogP contribution in [0.5, 0.6) is 0 Å². The van der Waals surface area contributed by atoms with Gasteiger partial charge in [0.2, 0.25) is 6.67 Å². The smallest absolute Gasteiger partial charge is 0.207 e. The van der Waals surface area contributed by atoms with E-state index in [1.165, 1.54) is 0 Å². The minimum absolute atomic E-state index is 0.136. The zero-order valence-corrected chi connectivity index (χ0v) is 7.54. The van der Waals surface area contributed by atoms with Gasteiger partial charge in [0.25, 0.3) is 0 Å². The average Bonchev–Trinajstić information content (AvgIpc) is 2.05. The number of hydrogen-bond acceptors (Lipinski definition) is 4. The van der Waals surface area contributed by atoms with Gasteiger partial charge in [0.05, 0.1) is 13.1 Å². The normalized spacial score (nSPS) is 9.38. The maximum absolute atomic E-state index is 10.3. The lowest BCUT2D eigenvalue weighted by Crippen LogP contribution is -2.43. The topological polar surface area (TPSA) is 92.8 Å². The van der Waals surface area contributed by atoms with Crippen LogP contribution in [0.4, 0.5) is 0 Å². The number of nitro groups is 2. The first-order valence-corrected chi connectivity index (χ1v) is 3.81. The van der Waals surface area contributed by atoms with Crippen LogP contribution < -0.4 is 0 Å². The summed E-state index contributed by atoms with van der Waals surface area (Å²) in [6, 6.07) is 0. The number of hydrazine groups is 2. The first-order valence-electron chi connectivity index (χ1n) is 3.81. The van der Waals surface area contributed by atoms with Crippen molar-refractivity contribution in [2.75, 3.05) is 19.8 Å². The first kappa shape index (κ1) is 11.4. The summed E-state index contributed by atoms with van der Waals surface area (Å²) < 4.78 is 0. The summed E-state index contributed by atoms with van der Waals surface area (Å²) in [4.78, 5) is 20.6. The monoisotopic (exact) mass is 192 g/mol. The van der Waals surface area contributed by atoms with Crippen LogP contribution in [-0.2, 0) is 0 Å². The lowest BCUT2D eigenvalue weighted by Gasteiger charge is -2.16. The summed E-state index contributed by atoms with van der Waals surface area (Å²) in [5.41, 5.74) is 0. The highest BCUT2D eigenvalue weighted by molar-refractivity contribution is 4.38. The Balaban J connectivity index is 4.19. The van der Waals surface area contributed by atoms with E-state index in [9.17, 15) is 20.2 Å². The predicted molar refractivity (Wildman–Crippen MR) is 43.6 cm³/mol. The number of rotatable bonds is 6. The second-order valence-corrected chi connectivity index (χ2v) is 2.26. The summed E-state index contributed by atoms with van der Waals surface area (Å²) in [5, 5.41) is 20.8. The molecule has 13 heavy (non-hydrogen) atoms. The molecule has 0 spiro atoms. The molecule has 0 atom stereocenters. The Bertz CT molecular complexity index is 177. The second kappa shape index (κ2) is 5.12. The molecule has 8 heteroatoms. The van der Waals surface area contributed by atoms with E-state index in [2.05, 4.69) is 0 Å². The molecule has 8 nitrogen and oxygen atoms in total. The van der Waals surface area contributed by atoms with Gasteiger partial charge in [0, 0.05) is 0 Å². The third-order valence-electron chi connectivity index (χ3n) is 1.52. The molecule has 0 unspecified atom stereocenters. The standard InChI is InChI=1S/C5H12N4O4/c1-3-6(8(10)11)5-7(4-2)9(12)13/h3-5H2,1-2H3. The lowest BCUT2D eigenvalue weighted by atomic mass is 10.6. The van der Waals surface area contributed by atoms with Gasteiger partial charge in [-0.25, -0.2) is 20.2 Å². The molecule has 0 rings (SSSR count). The Hall–Kier alpha value is -1.60. The molecule has 0 saturated carbocycles. The van der Waals surface area contributed by atoms with Gasteiger partial charge in [-0.2, -0.15) is 0 Å². The van der Waals surface area contributed by atoms with Gasteiger partial charge in [-0.15, -0.1) is 10.0 Å². The van der Waals surface area contributed by atoms with E-state index in [0.29, 0.717) is 0 Å². The molecule has 0 aliphatic heterocycles. The Morgan fingerprint density at radius 2 is 1.31 bits per heavy atom. The van der Waals surface area contributed by atoms with Crippen molar-refractivity contribution >= 4 is 0 Å². The fraction of sp³-hybridized carbons (Fsp3) is 1.00. The summed E-state index contributed by atoms with van der Waals surface area (Å²) in [7, 11) is 0. The first-order chi connectivity index (χ1) is 6.02. The van der Waals surface area contributed by atoms with E-state index in [4.69, 9.17) is 0 Å². The van der Waals surface area contributed by atoms with Crippen LogP contribution in [-0.4, -0.2) is 39.8 Å². The SMILES string of the molecule is CCN(CN(CC)[N+](=O)[O-])[N+](=O)[O-]. The van der Waals surface area contributed by atoms with Crippen molar-refractivity contribution in [1.82, 2.24) is 10.0 Å². The molecule has 0 aromatic carbocycles. The molecule has 0 radical (unpaired) electrons. The van der Waals surface area contributed by atoms with Crippen molar-refractivity contribution in [3.8, 4) is 0 Å². The maximum atomic E-state index is 10.3. The highest BCUT2D eigenvalue weighted by Gasteiger charge is 2.21. The van der Waals surface area contributed by atoms with Crippen molar-refractivity contribution in [1.29, 1.82) is 0 Å². The summed E-state index contributed by atoms with van der Waals surface area (Å²) in [5.74, 6) is 0. The van der Waals surface area contributed by atoms with Crippen molar-refractivity contribution in [2.45, 2.75) is 13.8 Å². The van der Waals surface area contributed by atoms with E-state index >= 15 is 0 Å². The van der Waals surface area contributed by atoms with E-state index in [-0.39, 0.29) is 19.8 Å². The highest BCUT2D eigenvalue weighted by atomic mass is 16.7. The van der Waals surface area contributed by atoms with Gasteiger partial charge in [-0.1, -0.05) is 0 Å². The quantitative estimate of drug-likeness (QED) is 0.333. The largest absolute Gasteiger partial charge is 0.235 e. The highest BCUT2D eigenvalue weighted by Crippen LogP contribution is 1.94. The van der Waals surface area contributed by atoms with Gasteiger partial charge in [-0.05, 0) is 13.8 Å². The van der Waals surface area contributed by atoms with E-state index in [0.717, 1.165) is 10.0 Å². The van der Waals surface area contributed by atoms with Crippen molar-refractivity contribution < 1.29 is 10.1 Å². The van der Waals surface area contributed by atoms with Crippen molar-refractivity contribution in [3.63, 3.8) is 0 Å². The van der Waals surface area contributed by atoms with Crippen LogP contribution in [0.3, 0.4) is 0 Å². The summed E-state index contributed by atoms with van der Waals surface area (Å²) >= 11 is 0. The number of nitrogens with zero attached hydrogens (tertiary/aromatic N) is 4. The third kappa shape index (κ3) is 3.54. The minimum Gasteiger partial charge on any atom is -0.235 e. The number of hydrogen-bond donors (Lipinski definition) is 0. The second-order valence-electron chi connectivity index (χ2n) is 2.26. The summed E-state index contributed by atoms with van der Waals surface area (Å²) in [6.45, 7) is 3.11. The summed E-state index contributed by atoms with van der Waals surface area (Å²) in [6.07, 6.45) is 0. The molecular weight excluding hydrogens is 180 g/mol. The molecule has 0 aromatic heterocycles. The van der Waals surface area contributed by atoms with Gasteiger partial charge >= 0.3 is 0 Å². The minimum atomic E-state index is -0.647. The molecule has 0 aliphatic carbocycles. The van der Waals surface area contributed by atoms with Crippen molar-refractivity contribution in [2.24, 2.45) is 0 Å². The van der Waals surface area contributed by atoms with E-state index in [1.807, 2.05) is 0 Å². The molecule has 0 amide bonds. The zero-order valence-electron chi connectivity index (χ0n) is 7.54. The van der Waals surface area contributed by atoms with Crippen LogP contribution in [0.1, 0.15) is 13.8 Å². The average molecular weight is 192 g/mol. The Morgan fingerprint density at radius 1 is 1.00 bits per heavy atom. The van der Waals surface area contributed by atoms with Crippen LogP contribution >= 0.6 is 0 Å². The molecule has 0 aliphatic rings. The Labute approximate surface area is 75.0 Å². The molecule has 0 fully saturated rings. The third-order valence-corrected chi connectivity index (χ3v) is 1.52. The van der Waals surface area contributed by atoms with Gasteiger partial charge in [0.15, 0.2) is 10.1 Å². The van der Waals surface area contributed by atoms with Crippen molar-refractivity contribution in [3.05, 3.63) is 20.2 Å². The van der Waals surface area contributed by atoms with Crippen LogP contribution in [0.15, 0.2) is 0 Å². The molecule has 76 valence electrons. The Kier molecular flexibility index (Phi) is 4.49. The van der Waals surface area contributed by atoms with Gasteiger partial charge in [-0.3, -0.25) is 0 Å². The fourth-order valence-corrected chi connectivity index (χ4v) is 0.723. The molecule has 0 N–H and O–H groups in total. The van der Waals surface area contributed by atoms with Crippen LogP contribution in [0, 0.1) is 20.2 Å². The van der Waals surface area contributed by atoms with Crippen LogP contribution in [0.25, 0.3) is 0 Å². The van der Waals surface area contributed by atoms with Gasteiger partial charge < -0.3 is 0 Å². The zero-order chi connectivity index (χ0) is 10.4.